The fourth-order valence-corrected chi connectivity index (χ4v) is 6.01. The minimum atomic E-state index is -4.06. The van der Waals surface area contributed by atoms with Crippen LogP contribution in [0.25, 0.3) is 0 Å². The number of esters is 1. The lowest BCUT2D eigenvalue weighted by molar-refractivity contribution is -0.385. The van der Waals surface area contributed by atoms with Crippen molar-refractivity contribution in [3.63, 3.8) is 0 Å². The first-order valence-corrected chi connectivity index (χ1v) is 12.4. The number of carbonyl (C=O) groups excluding carboxylic acids is 2. The molecule has 32 heavy (non-hydrogen) atoms. The fraction of sp³-hybridized carbons (Fsp3) is 0.600. The monoisotopic (exact) mass is 487 g/mol. The molecule has 2 aliphatic rings. The van der Waals surface area contributed by atoms with Crippen molar-refractivity contribution in [2.45, 2.75) is 55.9 Å². The van der Waals surface area contributed by atoms with Crippen molar-refractivity contribution in [2.24, 2.45) is 5.92 Å². The molecule has 1 aliphatic heterocycles. The molecule has 0 atom stereocenters. The van der Waals surface area contributed by atoms with E-state index in [1.54, 1.807) is 0 Å². The van der Waals surface area contributed by atoms with Crippen molar-refractivity contribution in [2.75, 3.05) is 19.7 Å². The minimum absolute atomic E-state index is 0.0371. The maximum Gasteiger partial charge on any atom is 0.309 e. The van der Waals surface area contributed by atoms with Gasteiger partial charge in [-0.1, -0.05) is 30.9 Å². The lowest BCUT2D eigenvalue weighted by Crippen LogP contribution is -2.42. The zero-order valence-electron chi connectivity index (χ0n) is 17.5. The van der Waals surface area contributed by atoms with Gasteiger partial charge in [0.2, 0.25) is 10.0 Å². The number of ether oxygens (including phenoxy) is 1. The number of amides is 1. The van der Waals surface area contributed by atoms with E-state index in [0.29, 0.717) is 0 Å². The van der Waals surface area contributed by atoms with Gasteiger partial charge in [-0.3, -0.25) is 19.7 Å². The normalized spacial score (nSPS) is 18.8. The number of nitro benzene ring substituents is 1. The fourth-order valence-electron chi connectivity index (χ4n) is 4.05. The van der Waals surface area contributed by atoms with E-state index < -0.39 is 26.8 Å². The van der Waals surface area contributed by atoms with E-state index in [-0.39, 0.29) is 60.1 Å². The zero-order valence-corrected chi connectivity index (χ0v) is 19.1. The summed E-state index contributed by atoms with van der Waals surface area (Å²) in [5.74, 6) is -1.38. The molecule has 0 radical (unpaired) electrons. The highest BCUT2D eigenvalue weighted by Crippen LogP contribution is 2.31. The van der Waals surface area contributed by atoms with Crippen LogP contribution in [0, 0.1) is 16.0 Å². The number of nitrogens with one attached hydrogen (secondary N) is 1. The number of nitro groups is 1. The Morgan fingerprint density at radius 1 is 1.16 bits per heavy atom. The summed E-state index contributed by atoms with van der Waals surface area (Å²) in [6.07, 6.45) is 5.62. The van der Waals surface area contributed by atoms with E-state index in [2.05, 4.69) is 5.32 Å². The van der Waals surface area contributed by atoms with Crippen LogP contribution in [0.15, 0.2) is 23.1 Å². The number of carbonyl (C=O) groups is 2. The Kier molecular flexibility index (Phi) is 8.07. The van der Waals surface area contributed by atoms with Gasteiger partial charge in [-0.15, -0.1) is 0 Å². The first-order chi connectivity index (χ1) is 15.2. The summed E-state index contributed by atoms with van der Waals surface area (Å²) in [6, 6.07) is 3.37. The molecule has 1 saturated heterocycles. The third kappa shape index (κ3) is 5.96. The van der Waals surface area contributed by atoms with Gasteiger partial charge in [0.05, 0.1) is 15.9 Å². The number of hydrogen-bond donors (Lipinski definition) is 1. The molecule has 12 heteroatoms. The van der Waals surface area contributed by atoms with Crippen molar-refractivity contribution < 1.29 is 27.7 Å². The molecule has 10 nitrogen and oxygen atoms in total. The minimum Gasteiger partial charge on any atom is -0.455 e. The Bertz CT molecular complexity index is 971. The van der Waals surface area contributed by atoms with E-state index >= 15 is 0 Å². The first kappa shape index (κ1) is 24.4. The summed E-state index contributed by atoms with van der Waals surface area (Å²) in [6.45, 7) is -0.276. The molecular weight excluding hydrogens is 462 g/mol. The van der Waals surface area contributed by atoms with Crippen LogP contribution in [-0.2, 0) is 24.3 Å². The van der Waals surface area contributed by atoms with Crippen LogP contribution in [0.3, 0.4) is 0 Å². The molecule has 1 aromatic rings. The second kappa shape index (κ2) is 10.6. The Hall–Kier alpha value is -2.24. The van der Waals surface area contributed by atoms with Gasteiger partial charge < -0.3 is 10.1 Å². The second-order valence-corrected chi connectivity index (χ2v) is 10.4. The molecular formula is C20H26ClN3O7S. The SMILES string of the molecule is O=C(COC(=O)C1CCN(S(=O)(=O)c2cc([N+](=O)[O-])ccc2Cl)CC1)NC1CCCCC1. The van der Waals surface area contributed by atoms with Gasteiger partial charge in [0, 0.05) is 31.3 Å². The van der Waals surface area contributed by atoms with Crippen LogP contribution in [0.1, 0.15) is 44.9 Å². The largest absolute Gasteiger partial charge is 0.455 e. The molecule has 1 heterocycles. The van der Waals surface area contributed by atoms with Crippen molar-refractivity contribution >= 4 is 39.2 Å². The molecule has 2 fully saturated rings. The maximum atomic E-state index is 12.9. The second-order valence-electron chi connectivity index (χ2n) is 8.06. The Labute approximate surface area is 191 Å². The first-order valence-electron chi connectivity index (χ1n) is 10.6. The lowest BCUT2D eigenvalue weighted by atomic mass is 9.95. The molecule has 1 N–H and O–H groups in total. The van der Waals surface area contributed by atoms with Crippen LogP contribution in [0.4, 0.5) is 5.69 Å². The number of halogens is 1. The van der Waals surface area contributed by atoms with E-state index in [4.69, 9.17) is 16.3 Å². The predicted molar refractivity (Wildman–Crippen MR) is 116 cm³/mol. The highest BCUT2D eigenvalue weighted by atomic mass is 35.5. The highest BCUT2D eigenvalue weighted by molar-refractivity contribution is 7.89. The van der Waals surface area contributed by atoms with Gasteiger partial charge >= 0.3 is 5.97 Å². The standard InChI is InChI=1S/C20H26ClN3O7S/c21-17-7-6-16(24(27)28)12-18(17)32(29,30)23-10-8-14(9-11-23)20(26)31-13-19(25)22-15-4-2-1-3-5-15/h6-7,12,14-15H,1-5,8-11,13H2,(H,22,25). The third-order valence-electron chi connectivity index (χ3n) is 5.85. The van der Waals surface area contributed by atoms with Crippen molar-refractivity contribution in [3.05, 3.63) is 33.3 Å². The smallest absolute Gasteiger partial charge is 0.309 e. The molecule has 176 valence electrons. The van der Waals surface area contributed by atoms with Gasteiger partial charge in [-0.2, -0.15) is 4.31 Å². The summed E-state index contributed by atoms with van der Waals surface area (Å²) in [5.41, 5.74) is -0.377. The van der Waals surface area contributed by atoms with E-state index in [0.717, 1.165) is 42.1 Å². The van der Waals surface area contributed by atoms with Gasteiger partial charge in [0.25, 0.3) is 11.6 Å². The summed E-state index contributed by atoms with van der Waals surface area (Å²) >= 11 is 5.98. The zero-order chi connectivity index (χ0) is 23.3. The summed E-state index contributed by atoms with van der Waals surface area (Å²) < 4.78 is 32.1. The van der Waals surface area contributed by atoms with Crippen LogP contribution in [0.5, 0.6) is 0 Å². The molecule has 0 bridgehead atoms. The molecule has 1 aliphatic carbocycles. The van der Waals surface area contributed by atoms with Crippen molar-refractivity contribution in [1.29, 1.82) is 0 Å². The van der Waals surface area contributed by atoms with Crippen LogP contribution in [-0.4, -0.2) is 55.3 Å². The number of nitrogens with zero attached hydrogens (tertiary/aromatic N) is 2. The number of non-ortho nitro benzene ring substituents is 1. The molecule has 0 aromatic heterocycles. The quantitative estimate of drug-likeness (QED) is 0.354. The number of hydrogen-bond acceptors (Lipinski definition) is 7. The molecule has 0 unspecified atom stereocenters. The average molecular weight is 488 g/mol. The van der Waals surface area contributed by atoms with Crippen molar-refractivity contribution in [1.82, 2.24) is 9.62 Å². The van der Waals surface area contributed by atoms with Gasteiger partial charge in [-0.25, -0.2) is 8.42 Å². The maximum absolute atomic E-state index is 12.9. The molecule has 3 rings (SSSR count). The molecule has 1 saturated carbocycles. The van der Waals surface area contributed by atoms with Crippen molar-refractivity contribution in [3.8, 4) is 0 Å². The highest BCUT2D eigenvalue weighted by Gasteiger charge is 2.34. The molecule has 1 aromatic carbocycles. The van der Waals surface area contributed by atoms with Gasteiger partial charge in [0.1, 0.15) is 4.90 Å². The Balaban J connectivity index is 1.52. The van der Waals surface area contributed by atoms with E-state index in [9.17, 15) is 28.1 Å². The van der Waals surface area contributed by atoms with Gasteiger partial charge in [-0.05, 0) is 31.7 Å². The van der Waals surface area contributed by atoms with Crippen LogP contribution in [0.2, 0.25) is 5.02 Å². The Morgan fingerprint density at radius 2 is 1.81 bits per heavy atom. The number of benzene rings is 1. The number of rotatable bonds is 7. The predicted octanol–water partition coefficient (Wildman–Crippen LogP) is 2.64. The van der Waals surface area contributed by atoms with Crippen LogP contribution < -0.4 is 5.32 Å². The average Bonchev–Trinajstić information content (AvgIpc) is 2.78. The van der Waals surface area contributed by atoms with E-state index in [1.807, 2.05) is 0 Å². The molecule has 1 amide bonds. The summed E-state index contributed by atoms with van der Waals surface area (Å²) in [5, 5.41) is 13.7. The molecule has 0 spiro atoms. The lowest BCUT2D eigenvalue weighted by Gasteiger charge is -2.30. The van der Waals surface area contributed by atoms with Crippen LogP contribution >= 0.6 is 11.6 Å². The summed E-state index contributed by atoms with van der Waals surface area (Å²) in [7, 11) is -4.06. The summed E-state index contributed by atoms with van der Waals surface area (Å²) in [4.78, 5) is 34.3. The third-order valence-corrected chi connectivity index (χ3v) is 8.23. The van der Waals surface area contributed by atoms with E-state index in [1.165, 1.54) is 12.5 Å². The number of piperidine rings is 1. The van der Waals surface area contributed by atoms with Gasteiger partial charge in [0.15, 0.2) is 6.61 Å². The topological polar surface area (TPSA) is 136 Å². The Morgan fingerprint density at radius 3 is 2.44 bits per heavy atom. The number of sulfonamides is 1.